The molecule has 3 heterocycles. The van der Waals surface area contributed by atoms with Gasteiger partial charge in [0.05, 0.1) is 35.8 Å². The molecule has 4 rings (SSSR count). The van der Waals surface area contributed by atoms with E-state index in [1.165, 1.54) is 23.5 Å². The molecule has 0 aliphatic carbocycles. The van der Waals surface area contributed by atoms with Crippen molar-refractivity contribution in [2.45, 2.75) is 13.8 Å². The third-order valence-corrected chi connectivity index (χ3v) is 5.83. The SMILES string of the molecule is CCOC(=O)C1=C(COC(=O)c2cc3c(C)nn(-c4ccc(F)cc4)c3s2)NC(=O)NC1. The number of aromatic nitrogens is 2. The summed E-state index contributed by atoms with van der Waals surface area (Å²) in [5.41, 5.74) is 1.74. The molecule has 0 unspecified atom stereocenters. The molecule has 2 amide bonds. The van der Waals surface area contributed by atoms with Crippen LogP contribution < -0.4 is 10.6 Å². The molecule has 2 N–H and O–H groups in total. The van der Waals surface area contributed by atoms with Gasteiger partial charge in [0.2, 0.25) is 0 Å². The third kappa shape index (κ3) is 4.19. The van der Waals surface area contributed by atoms with Gasteiger partial charge in [-0.05, 0) is 44.2 Å². The van der Waals surface area contributed by atoms with Gasteiger partial charge in [-0.3, -0.25) is 0 Å². The number of thiophene rings is 1. The van der Waals surface area contributed by atoms with Crippen molar-refractivity contribution < 1.29 is 28.2 Å². The van der Waals surface area contributed by atoms with E-state index < -0.39 is 18.0 Å². The van der Waals surface area contributed by atoms with Crippen LogP contribution in [0.15, 0.2) is 41.6 Å². The number of nitrogens with zero attached hydrogens (tertiary/aromatic N) is 2. The molecule has 0 atom stereocenters. The highest BCUT2D eigenvalue weighted by Gasteiger charge is 2.25. The lowest BCUT2D eigenvalue weighted by Crippen LogP contribution is -2.45. The summed E-state index contributed by atoms with van der Waals surface area (Å²) < 4.78 is 25.2. The van der Waals surface area contributed by atoms with Crippen LogP contribution in [-0.4, -0.2) is 47.5 Å². The Morgan fingerprint density at radius 1 is 1.22 bits per heavy atom. The Bertz CT molecular complexity index is 1250. The quantitative estimate of drug-likeness (QED) is 0.550. The number of urea groups is 1. The van der Waals surface area contributed by atoms with Crippen LogP contribution in [0.3, 0.4) is 0 Å². The first-order valence-electron chi connectivity index (χ1n) is 9.73. The zero-order valence-corrected chi connectivity index (χ0v) is 18.0. The zero-order valence-electron chi connectivity index (χ0n) is 17.2. The Morgan fingerprint density at radius 3 is 2.69 bits per heavy atom. The number of hydrogen-bond donors (Lipinski definition) is 2. The highest BCUT2D eigenvalue weighted by Crippen LogP contribution is 2.31. The van der Waals surface area contributed by atoms with Gasteiger partial charge in [0.1, 0.15) is 22.1 Å². The average Bonchev–Trinajstić information content (AvgIpc) is 3.33. The second-order valence-corrected chi connectivity index (χ2v) is 7.90. The highest BCUT2D eigenvalue weighted by molar-refractivity contribution is 7.20. The van der Waals surface area contributed by atoms with Gasteiger partial charge in [-0.25, -0.2) is 23.5 Å². The Kier molecular flexibility index (Phi) is 5.91. The van der Waals surface area contributed by atoms with E-state index >= 15 is 0 Å². The Morgan fingerprint density at radius 2 is 1.97 bits per heavy atom. The van der Waals surface area contributed by atoms with Gasteiger partial charge in [0.15, 0.2) is 0 Å². The fourth-order valence-electron chi connectivity index (χ4n) is 3.18. The van der Waals surface area contributed by atoms with Gasteiger partial charge < -0.3 is 20.1 Å². The van der Waals surface area contributed by atoms with Crippen molar-refractivity contribution in [1.82, 2.24) is 20.4 Å². The number of aryl methyl sites for hydroxylation is 1. The summed E-state index contributed by atoms with van der Waals surface area (Å²) in [6, 6.07) is 7.05. The predicted octanol–water partition coefficient (Wildman–Crippen LogP) is 2.82. The molecule has 166 valence electrons. The Balaban J connectivity index is 1.56. The van der Waals surface area contributed by atoms with Crippen LogP contribution >= 0.6 is 11.3 Å². The van der Waals surface area contributed by atoms with E-state index in [-0.39, 0.29) is 36.8 Å². The number of amides is 2. The lowest BCUT2D eigenvalue weighted by molar-refractivity contribution is -0.138. The number of carbonyl (C=O) groups is 3. The number of benzene rings is 1. The highest BCUT2D eigenvalue weighted by atomic mass is 32.1. The number of esters is 2. The first kappa shape index (κ1) is 21.5. The van der Waals surface area contributed by atoms with Crippen molar-refractivity contribution in [2.75, 3.05) is 19.8 Å². The number of hydrogen-bond acceptors (Lipinski definition) is 7. The molecule has 9 nitrogen and oxygen atoms in total. The summed E-state index contributed by atoms with van der Waals surface area (Å²) in [7, 11) is 0. The van der Waals surface area contributed by atoms with Gasteiger partial charge in [-0.15, -0.1) is 11.3 Å². The predicted molar refractivity (Wildman–Crippen MR) is 114 cm³/mol. The van der Waals surface area contributed by atoms with Crippen molar-refractivity contribution in [1.29, 1.82) is 0 Å². The summed E-state index contributed by atoms with van der Waals surface area (Å²) >= 11 is 1.18. The molecular weight excluding hydrogens is 439 g/mol. The number of rotatable bonds is 6. The molecule has 32 heavy (non-hydrogen) atoms. The van der Waals surface area contributed by atoms with E-state index in [0.29, 0.717) is 21.1 Å². The lowest BCUT2D eigenvalue weighted by atomic mass is 10.2. The minimum atomic E-state index is -0.611. The Labute approximate surface area is 185 Å². The smallest absolute Gasteiger partial charge is 0.348 e. The second-order valence-electron chi connectivity index (χ2n) is 6.86. The van der Waals surface area contributed by atoms with Crippen molar-refractivity contribution in [2.24, 2.45) is 0 Å². The first-order chi connectivity index (χ1) is 15.4. The molecule has 0 bridgehead atoms. The molecular formula is C21H19FN4O5S. The van der Waals surface area contributed by atoms with E-state index in [0.717, 1.165) is 5.39 Å². The van der Waals surface area contributed by atoms with Gasteiger partial charge >= 0.3 is 18.0 Å². The van der Waals surface area contributed by atoms with Crippen LogP contribution in [0.2, 0.25) is 0 Å². The maximum absolute atomic E-state index is 13.3. The van der Waals surface area contributed by atoms with E-state index in [1.807, 2.05) is 6.92 Å². The Hall–Kier alpha value is -3.73. The van der Waals surface area contributed by atoms with Crippen LogP contribution in [0.1, 0.15) is 22.3 Å². The standard InChI is InChI=1S/C21H19FN4O5S/c1-3-30-19(27)15-9-23-21(29)24-16(15)10-31-20(28)17-8-14-11(2)25-26(18(14)32-17)13-6-4-12(22)5-7-13/h4-8H,3,9-10H2,1-2H3,(H2,23,24,29). The van der Waals surface area contributed by atoms with E-state index in [2.05, 4.69) is 15.7 Å². The van der Waals surface area contributed by atoms with Gasteiger partial charge in [-0.1, -0.05) is 0 Å². The minimum Gasteiger partial charge on any atom is -0.463 e. The number of nitrogens with one attached hydrogen (secondary N) is 2. The van der Waals surface area contributed by atoms with Crippen LogP contribution in [-0.2, 0) is 14.3 Å². The van der Waals surface area contributed by atoms with Crippen molar-refractivity contribution in [3.05, 3.63) is 58.0 Å². The van der Waals surface area contributed by atoms with Crippen LogP contribution in [0.25, 0.3) is 15.9 Å². The molecule has 11 heteroatoms. The molecule has 2 aromatic heterocycles. The molecule has 1 aromatic carbocycles. The molecule has 0 fully saturated rings. The molecule has 1 aliphatic rings. The topological polar surface area (TPSA) is 112 Å². The van der Waals surface area contributed by atoms with Crippen LogP contribution in [0.5, 0.6) is 0 Å². The molecule has 3 aromatic rings. The molecule has 0 saturated carbocycles. The summed E-state index contributed by atoms with van der Waals surface area (Å²) in [5, 5.41) is 10.2. The molecule has 0 spiro atoms. The maximum Gasteiger partial charge on any atom is 0.348 e. The first-order valence-corrected chi connectivity index (χ1v) is 10.5. The second kappa shape index (κ2) is 8.79. The van der Waals surface area contributed by atoms with Gasteiger partial charge in [0.25, 0.3) is 0 Å². The third-order valence-electron chi connectivity index (χ3n) is 4.74. The number of halogens is 1. The fraction of sp³-hybridized carbons (Fsp3) is 0.238. The lowest BCUT2D eigenvalue weighted by Gasteiger charge is -2.20. The largest absolute Gasteiger partial charge is 0.463 e. The van der Waals surface area contributed by atoms with E-state index in [1.54, 1.807) is 29.8 Å². The van der Waals surface area contributed by atoms with Crippen LogP contribution in [0, 0.1) is 12.7 Å². The van der Waals surface area contributed by atoms with Crippen molar-refractivity contribution in [3.8, 4) is 5.69 Å². The van der Waals surface area contributed by atoms with Crippen molar-refractivity contribution in [3.63, 3.8) is 0 Å². The van der Waals surface area contributed by atoms with E-state index in [4.69, 9.17) is 9.47 Å². The number of fused-ring (bicyclic) bond motifs is 1. The normalized spacial score (nSPS) is 13.7. The summed E-state index contributed by atoms with van der Waals surface area (Å²) in [4.78, 5) is 37.5. The zero-order chi connectivity index (χ0) is 22.8. The summed E-state index contributed by atoms with van der Waals surface area (Å²) in [6.45, 7) is 3.34. The summed E-state index contributed by atoms with van der Waals surface area (Å²) in [6.07, 6.45) is 0. The average molecular weight is 458 g/mol. The number of carbonyl (C=O) groups excluding carboxylic acids is 3. The van der Waals surface area contributed by atoms with Crippen molar-refractivity contribution >= 4 is 39.5 Å². The van der Waals surface area contributed by atoms with Gasteiger partial charge in [-0.2, -0.15) is 5.10 Å². The van der Waals surface area contributed by atoms with Gasteiger partial charge in [0, 0.05) is 5.39 Å². The fourth-order valence-corrected chi connectivity index (χ4v) is 4.26. The number of ether oxygens (including phenoxy) is 2. The maximum atomic E-state index is 13.3. The van der Waals surface area contributed by atoms with Crippen LogP contribution in [0.4, 0.5) is 9.18 Å². The van der Waals surface area contributed by atoms with E-state index in [9.17, 15) is 18.8 Å². The summed E-state index contributed by atoms with van der Waals surface area (Å²) in [5.74, 6) is -1.56. The molecule has 1 aliphatic heterocycles. The molecule has 0 saturated heterocycles. The minimum absolute atomic E-state index is 0.0207. The molecule has 0 radical (unpaired) electrons. The monoisotopic (exact) mass is 458 g/mol.